The molecule has 2 rings (SSSR count). The Balaban J connectivity index is 1.89. The minimum atomic E-state index is -4.63. The fraction of sp³-hybridized carbons (Fsp3) is 0.400. The minimum absolute atomic E-state index is 0.0587. The molecule has 154 valence electrons. The number of esters is 1. The highest BCUT2D eigenvalue weighted by molar-refractivity contribution is 7.92. The summed E-state index contributed by atoms with van der Waals surface area (Å²) in [5.74, 6) is -2.02. The van der Waals surface area contributed by atoms with Gasteiger partial charge in [0, 0.05) is 6.54 Å². The molecule has 0 saturated carbocycles. The molecule has 0 unspecified atom stereocenters. The molecule has 3 amide bonds. The third-order valence-electron chi connectivity index (χ3n) is 3.61. The first-order valence-corrected chi connectivity index (χ1v) is 9.64. The van der Waals surface area contributed by atoms with Crippen LogP contribution in [0.25, 0.3) is 0 Å². The van der Waals surface area contributed by atoms with Crippen LogP contribution >= 0.6 is 0 Å². The number of hydrogen-bond donors (Lipinski definition) is 2. The van der Waals surface area contributed by atoms with Gasteiger partial charge in [0.25, 0.3) is 5.91 Å². The van der Waals surface area contributed by atoms with E-state index in [1.54, 1.807) is 5.32 Å². The highest BCUT2D eigenvalue weighted by Crippen LogP contribution is 2.30. The normalized spacial score (nSPS) is 13.6. The number of alkyl halides is 3. The van der Waals surface area contributed by atoms with Crippen LogP contribution in [-0.2, 0) is 26.0 Å². The monoisotopic (exact) mass is 423 g/mol. The highest BCUT2D eigenvalue weighted by Gasteiger charge is 2.28. The lowest BCUT2D eigenvalue weighted by Crippen LogP contribution is -2.44. The molecule has 0 aromatic heterocycles. The second-order valence-corrected chi connectivity index (χ2v) is 7.76. The molecule has 28 heavy (non-hydrogen) atoms. The standard InChI is InChI=1S/C15H16F3N3O6S/c1-28(25,26)21-5-4-9-6-10(2-3-11(9)21)13(23)27-7-12(22)20-14(24)19-8-15(16,17)18/h2-3,6H,4-5,7-8H2,1H3,(H2,19,20,22,24). The number of fused-ring (bicyclic) bond motifs is 1. The number of carbonyl (C=O) groups is 3. The summed E-state index contributed by atoms with van der Waals surface area (Å²) < 4.78 is 65.1. The van der Waals surface area contributed by atoms with Crippen molar-refractivity contribution in [2.24, 2.45) is 0 Å². The van der Waals surface area contributed by atoms with Crippen molar-refractivity contribution in [3.63, 3.8) is 0 Å². The molecule has 1 aliphatic rings. The largest absolute Gasteiger partial charge is 0.452 e. The van der Waals surface area contributed by atoms with Gasteiger partial charge in [0.1, 0.15) is 6.54 Å². The maximum absolute atomic E-state index is 12.0. The number of nitrogens with one attached hydrogen (secondary N) is 2. The molecule has 0 saturated heterocycles. The molecular weight excluding hydrogens is 407 g/mol. The van der Waals surface area contributed by atoms with Gasteiger partial charge in [-0.25, -0.2) is 18.0 Å². The number of urea groups is 1. The average molecular weight is 423 g/mol. The topological polar surface area (TPSA) is 122 Å². The molecule has 2 N–H and O–H groups in total. The van der Waals surface area contributed by atoms with Crippen LogP contribution in [0.15, 0.2) is 18.2 Å². The molecule has 9 nitrogen and oxygen atoms in total. The van der Waals surface area contributed by atoms with Crippen LogP contribution in [0.5, 0.6) is 0 Å². The molecule has 0 fully saturated rings. The Kier molecular flexibility index (Phi) is 6.17. The second kappa shape index (κ2) is 8.04. The van der Waals surface area contributed by atoms with E-state index in [-0.39, 0.29) is 12.1 Å². The quantitative estimate of drug-likeness (QED) is 0.668. The lowest BCUT2D eigenvalue weighted by Gasteiger charge is -2.16. The van der Waals surface area contributed by atoms with Gasteiger partial charge in [-0.05, 0) is 30.2 Å². The van der Waals surface area contributed by atoms with E-state index >= 15 is 0 Å². The Hall–Kier alpha value is -2.83. The first-order chi connectivity index (χ1) is 12.9. The van der Waals surface area contributed by atoms with Gasteiger partial charge in [0.2, 0.25) is 10.0 Å². The van der Waals surface area contributed by atoms with E-state index in [0.717, 1.165) is 6.26 Å². The van der Waals surface area contributed by atoms with Crippen LogP contribution in [0.2, 0.25) is 0 Å². The Morgan fingerprint density at radius 1 is 1.25 bits per heavy atom. The van der Waals surface area contributed by atoms with Crippen LogP contribution in [0.4, 0.5) is 23.7 Å². The maximum atomic E-state index is 12.0. The summed E-state index contributed by atoms with van der Waals surface area (Å²) in [6.07, 6.45) is -3.18. The molecule has 1 heterocycles. The minimum Gasteiger partial charge on any atom is -0.452 e. The summed E-state index contributed by atoms with van der Waals surface area (Å²) in [6.45, 7) is -2.27. The van der Waals surface area contributed by atoms with Gasteiger partial charge in [0.15, 0.2) is 6.61 Å². The van der Waals surface area contributed by atoms with E-state index in [1.165, 1.54) is 27.8 Å². The number of rotatable bonds is 5. The Morgan fingerprint density at radius 3 is 2.54 bits per heavy atom. The molecule has 0 aliphatic carbocycles. The zero-order chi connectivity index (χ0) is 21.1. The average Bonchev–Trinajstić information content (AvgIpc) is 3.00. The Labute approximate surface area is 157 Å². The number of hydrogen-bond acceptors (Lipinski definition) is 6. The van der Waals surface area contributed by atoms with Crippen molar-refractivity contribution in [3.05, 3.63) is 29.3 Å². The van der Waals surface area contributed by atoms with Crippen molar-refractivity contribution < 1.29 is 40.7 Å². The van der Waals surface area contributed by atoms with E-state index in [2.05, 4.69) is 0 Å². The third kappa shape index (κ3) is 5.84. The molecule has 0 spiro atoms. The summed E-state index contributed by atoms with van der Waals surface area (Å²) in [4.78, 5) is 34.6. The fourth-order valence-corrected chi connectivity index (χ4v) is 3.40. The Bertz CT molecular complexity index is 901. The van der Waals surface area contributed by atoms with E-state index in [9.17, 15) is 36.0 Å². The van der Waals surface area contributed by atoms with E-state index in [0.29, 0.717) is 17.7 Å². The fourth-order valence-electron chi connectivity index (χ4n) is 2.44. The van der Waals surface area contributed by atoms with Crippen LogP contribution in [0, 0.1) is 0 Å². The van der Waals surface area contributed by atoms with E-state index < -0.39 is 47.3 Å². The van der Waals surface area contributed by atoms with Crippen LogP contribution < -0.4 is 14.9 Å². The van der Waals surface area contributed by atoms with Crippen LogP contribution in [-0.4, -0.2) is 58.5 Å². The SMILES string of the molecule is CS(=O)(=O)N1CCc2cc(C(=O)OCC(=O)NC(=O)NCC(F)(F)F)ccc21. The summed E-state index contributed by atoms with van der Waals surface area (Å²) >= 11 is 0. The number of carbonyl (C=O) groups excluding carboxylic acids is 3. The number of anilines is 1. The van der Waals surface area contributed by atoms with Crippen molar-refractivity contribution in [2.75, 3.05) is 30.3 Å². The smallest absolute Gasteiger partial charge is 0.405 e. The number of benzene rings is 1. The highest BCUT2D eigenvalue weighted by atomic mass is 32.2. The Morgan fingerprint density at radius 2 is 1.93 bits per heavy atom. The molecule has 1 aliphatic heterocycles. The number of sulfonamides is 1. The van der Waals surface area contributed by atoms with E-state index in [4.69, 9.17) is 4.74 Å². The zero-order valence-electron chi connectivity index (χ0n) is 14.5. The van der Waals surface area contributed by atoms with Gasteiger partial charge >= 0.3 is 18.2 Å². The number of nitrogens with zero attached hydrogens (tertiary/aromatic N) is 1. The molecule has 1 aromatic carbocycles. The molecule has 1 aromatic rings. The second-order valence-electron chi connectivity index (χ2n) is 5.85. The van der Waals surface area contributed by atoms with Crippen molar-refractivity contribution in [1.82, 2.24) is 10.6 Å². The zero-order valence-corrected chi connectivity index (χ0v) is 15.3. The van der Waals surface area contributed by atoms with Gasteiger partial charge < -0.3 is 10.1 Å². The number of halogens is 3. The summed E-state index contributed by atoms with van der Waals surface area (Å²) in [6, 6.07) is 2.80. The van der Waals surface area contributed by atoms with Crippen LogP contribution in [0.3, 0.4) is 0 Å². The van der Waals surface area contributed by atoms with Gasteiger partial charge in [-0.15, -0.1) is 0 Å². The third-order valence-corrected chi connectivity index (χ3v) is 4.79. The number of ether oxygens (including phenoxy) is 1. The lowest BCUT2D eigenvalue weighted by molar-refractivity contribution is -0.125. The van der Waals surface area contributed by atoms with E-state index in [1.807, 2.05) is 0 Å². The van der Waals surface area contributed by atoms with Crippen molar-refractivity contribution in [1.29, 1.82) is 0 Å². The number of imide groups is 1. The van der Waals surface area contributed by atoms with Crippen molar-refractivity contribution >= 4 is 33.6 Å². The predicted molar refractivity (Wildman–Crippen MR) is 90.2 cm³/mol. The molecular formula is C15H16F3N3O6S. The molecule has 0 radical (unpaired) electrons. The van der Waals surface area contributed by atoms with Crippen molar-refractivity contribution in [3.8, 4) is 0 Å². The number of amides is 3. The summed E-state index contributed by atoms with van der Waals surface area (Å²) in [5, 5.41) is 3.01. The van der Waals surface area contributed by atoms with Gasteiger partial charge in [-0.3, -0.25) is 14.4 Å². The lowest BCUT2D eigenvalue weighted by atomic mass is 10.1. The van der Waals surface area contributed by atoms with Crippen molar-refractivity contribution in [2.45, 2.75) is 12.6 Å². The molecule has 13 heteroatoms. The predicted octanol–water partition coefficient (Wildman–Crippen LogP) is 0.554. The van der Waals surface area contributed by atoms with Gasteiger partial charge in [-0.1, -0.05) is 0 Å². The molecule has 0 atom stereocenters. The first kappa shape index (κ1) is 21.5. The molecule has 0 bridgehead atoms. The van der Waals surface area contributed by atoms with Crippen LogP contribution in [0.1, 0.15) is 15.9 Å². The van der Waals surface area contributed by atoms with Gasteiger partial charge in [0.05, 0.1) is 17.5 Å². The maximum Gasteiger partial charge on any atom is 0.405 e. The first-order valence-electron chi connectivity index (χ1n) is 7.79. The summed E-state index contributed by atoms with van der Waals surface area (Å²) in [5.41, 5.74) is 1.11. The summed E-state index contributed by atoms with van der Waals surface area (Å²) in [7, 11) is -3.44. The van der Waals surface area contributed by atoms with Gasteiger partial charge in [-0.2, -0.15) is 13.2 Å².